The van der Waals surface area contributed by atoms with Crippen molar-refractivity contribution >= 4 is 24.0 Å². The summed E-state index contributed by atoms with van der Waals surface area (Å²) in [5.74, 6) is 0. The Bertz CT molecular complexity index is 279. The Hall–Kier alpha value is -0.100. The summed E-state index contributed by atoms with van der Waals surface area (Å²) < 4.78 is 2.37. The summed E-state index contributed by atoms with van der Waals surface area (Å²) in [6, 6.07) is 11.3. The van der Waals surface area contributed by atoms with E-state index in [0.717, 1.165) is 0 Å². The van der Waals surface area contributed by atoms with E-state index in [1.54, 1.807) is 0 Å². The molecular formula is C12H19ClNP. The van der Waals surface area contributed by atoms with E-state index in [-0.39, 0.29) is 0 Å². The lowest BCUT2D eigenvalue weighted by molar-refractivity contribution is 0.329. The summed E-state index contributed by atoms with van der Waals surface area (Å²) in [5, 5.41) is 1.23. The molecule has 0 saturated heterocycles. The zero-order chi connectivity index (χ0) is 11.4. The number of hydrogen-bond donors (Lipinski definition) is 0. The van der Waals surface area contributed by atoms with Crippen LogP contribution in [-0.2, 0) is 0 Å². The smallest absolute Gasteiger partial charge is 0.0950 e. The van der Waals surface area contributed by atoms with Gasteiger partial charge in [0.25, 0.3) is 0 Å². The first kappa shape index (κ1) is 13.0. The lowest BCUT2D eigenvalue weighted by atomic mass is 10.3. The average molecular weight is 244 g/mol. The summed E-state index contributed by atoms with van der Waals surface area (Å²) in [6.07, 6.45) is 0. The first-order chi connectivity index (χ1) is 7.04. The van der Waals surface area contributed by atoms with Crippen LogP contribution in [0.1, 0.15) is 27.7 Å². The molecule has 0 aliphatic carbocycles. The third-order valence-corrected chi connectivity index (χ3v) is 5.39. The Morgan fingerprint density at radius 2 is 1.47 bits per heavy atom. The lowest BCUT2D eigenvalue weighted by Gasteiger charge is -2.34. The van der Waals surface area contributed by atoms with Crippen molar-refractivity contribution in [1.29, 1.82) is 0 Å². The Balaban J connectivity index is 2.86. The van der Waals surface area contributed by atoms with Gasteiger partial charge in [-0.25, -0.2) is 0 Å². The molecule has 1 nitrogen and oxygen atoms in total. The van der Waals surface area contributed by atoms with Gasteiger partial charge in [-0.3, -0.25) is 4.67 Å². The lowest BCUT2D eigenvalue weighted by Crippen LogP contribution is -2.33. The third-order valence-electron chi connectivity index (χ3n) is 2.23. The molecule has 0 spiro atoms. The highest BCUT2D eigenvalue weighted by Crippen LogP contribution is 2.47. The molecule has 3 heteroatoms. The van der Waals surface area contributed by atoms with Crippen molar-refractivity contribution < 1.29 is 0 Å². The molecule has 1 aromatic rings. The van der Waals surface area contributed by atoms with Gasteiger partial charge in [0.15, 0.2) is 0 Å². The van der Waals surface area contributed by atoms with Crippen LogP contribution in [0.4, 0.5) is 0 Å². The SMILES string of the molecule is CC(C)N(C(C)C)P(Cl)c1ccccc1. The summed E-state index contributed by atoms with van der Waals surface area (Å²) in [6.45, 7) is 8.78. The Kier molecular flexibility index (Phi) is 5.05. The number of nitrogens with zero attached hydrogens (tertiary/aromatic N) is 1. The largest absolute Gasteiger partial charge is 0.261 e. The van der Waals surface area contributed by atoms with E-state index in [2.05, 4.69) is 44.5 Å². The van der Waals surface area contributed by atoms with Gasteiger partial charge >= 0.3 is 0 Å². The normalized spacial score (nSPS) is 13.9. The van der Waals surface area contributed by atoms with Crippen LogP contribution in [-0.4, -0.2) is 16.8 Å². The van der Waals surface area contributed by atoms with E-state index in [4.69, 9.17) is 11.2 Å². The van der Waals surface area contributed by atoms with Crippen molar-refractivity contribution in [3.8, 4) is 0 Å². The predicted molar refractivity (Wildman–Crippen MR) is 71.0 cm³/mol. The topological polar surface area (TPSA) is 3.24 Å². The number of halogens is 1. The van der Waals surface area contributed by atoms with Crippen molar-refractivity contribution in [2.75, 3.05) is 0 Å². The van der Waals surface area contributed by atoms with Crippen LogP contribution in [0.5, 0.6) is 0 Å². The fourth-order valence-electron chi connectivity index (χ4n) is 1.69. The third kappa shape index (κ3) is 3.45. The fourth-order valence-corrected chi connectivity index (χ4v) is 4.57. The predicted octanol–water partition coefficient (Wildman–Crippen LogP) is 3.98. The van der Waals surface area contributed by atoms with E-state index in [1.165, 1.54) is 5.30 Å². The molecule has 0 amide bonds. The van der Waals surface area contributed by atoms with Gasteiger partial charge in [-0.15, -0.1) is 0 Å². The molecule has 0 heterocycles. The zero-order valence-corrected chi connectivity index (χ0v) is 11.5. The molecular weight excluding hydrogens is 225 g/mol. The highest BCUT2D eigenvalue weighted by molar-refractivity contribution is 7.88. The Labute approximate surface area is 99.0 Å². The van der Waals surface area contributed by atoms with Crippen LogP contribution in [0.2, 0.25) is 0 Å². The van der Waals surface area contributed by atoms with E-state index in [9.17, 15) is 0 Å². The Morgan fingerprint density at radius 1 is 1.00 bits per heavy atom. The van der Waals surface area contributed by atoms with Gasteiger partial charge in [0, 0.05) is 17.4 Å². The van der Waals surface area contributed by atoms with Gasteiger partial charge in [0.05, 0.1) is 7.43 Å². The maximum atomic E-state index is 6.55. The minimum atomic E-state index is -0.712. The standard InChI is InChI=1S/C12H19ClNP/c1-10(2)14(11(3)4)15(13)12-8-6-5-7-9-12/h5-11H,1-4H3. The average Bonchev–Trinajstić information content (AvgIpc) is 2.18. The molecule has 1 atom stereocenters. The molecule has 15 heavy (non-hydrogen) atoms. The van der Waals surface area contributed by atoms with Crippen molar-refractivity contribution in [3.05, 3.63) is 30.3 Å². The molecule has 1 rings (SSSR count). The first-order valence-corrected chi connectivity index (χ1v) is 7.53. The van der Waals surface area contributed by atoms with Crippen LogP contribution in [0.15, 0.2) is 30.3 Å². The summed E-state index contributed by atoms with van der Waals surface area (Å²) in [4.78, 5) is 0. The molecule has 0 N–H and O–H groups in total. The molecule has 1 aromatic carbocycles. The maximum absolute atomic E-state index is 6.55. The van der Waals surface area contributed by atoms with Gasteiger partial charge < -0.3 is 0 Å². The molecule has 0 radical (unpaired) electrons. The fraction of sp³-hybridized carbons (Fsp3) is 0.500. The van der Waals surface area contributed by atoms with Crippen LogP contribution in [0.3, 0.4) is 0 Å². The van der Waals surface area contributed by atoms with Crippen molar-refractivity contribution in [3.63, 3.8) is 0 Å². The van der Waals surface area contributed by atoms with Gasteiger partial charge in [-0.1, -0.05) is 41.6 Å². The van der Waals surface area contributed by atoms with Crippen LogP contribution in [0, 0.1) is 0 Å². The van der Waals surface area contributed by atoms with Crippen LogP contribution in [0.25, 0.3) is 0 Å². The molecule has 84 valence electrons. The number of benzene rings is 1. The van der Waals surface area contributed by atoms with Crippen LogP contribution < -0.4 is 5.30 Å². The van der Waals surface area contributed by atoms with E-state index < -0.39 is 7.43 Å². The second kappa shape index (κ2) is 5.84. The number of hydrogen-bond acceptors (Lipinski definition) is 1. The van der Waals surface area contributed by atoms with E-state index in [0.29, 0.717) is 12.1 Å². The summed E-state index contributed by atoms with van der Waals surface area (Å²) in [5.41, 5.74) is 0. The van der Waals surface area contributed by atoms with Crippen molar-refractivity contribution in [2.45, 2.75) is 39.8 Å². The second-order valence-corrected chi connectivity index (χ2v) is 6.62. The quantitative estimate of drug-likeness (QED) is 0.723. The highest BCUT2D eigenvalue weighted by atomic mass is 35.7. The van der Waals surface area contributed by atoms with E-state index >= 15 is 0 Å². The second-order valence-electron chi connectivity index (χ2n) is 4.16. The highest BCUT2D eigenvalue weighted by Gasteiger charge is 2.23. The monoisotopic (exact) mass is 243 g/mol. The van der Waals surface area contributed by atoms with E-state index in [1.807, 2.05) is 18.2 Å². The molecule has 0 fully saturated rings. The Morgan fingerprint density at radius 3 is 1.87 bits per heavy atom. The van der Waals surface area contributed by atoms with Crippen molar-refractivity contribution in [2.24, 2.45) is 0 Å². The van der Waals surface area contributed by atoms with Gasteiger partial charge in [-0.05, 0) is 27.7 Å². The summed E-state index contributed by atoms with van der Waals surface area (Å²) >= 11 is 6.55. The molecule has 0 aliphatic heterocycles. The van der Waals surface area contributed by atoms with Gasteiger partial charge in [0.2, 0.25) is 0 Å². The van der Waals surface area contributed by atoms with Crippen LogP contribution >= 0.6 is 18.7 Å². The van der Waals surface area contributed by atoms with Gasteiger partial charge in [-0.2, -0.15) is 0 Å². The number of rotatable bonds is 4. The van der Waals surface area contributed by atoms with Crippen molar-refractivity contribution in [1.82, 2.24) is 4.67 Å². The minimum absolute atomic E-state index is 0.480. The molecule has 0 saturated carbocycles. The molecule has 0 aromatic heterocycles. The minimum Gasteiger partial charge on any atom is -0.261 e. The zero-order valence-electron chi connectivity index (χ0n) is 9.81. The van der Waals surface area contributed by atoms with Gasteiger partial charge in [0.1, 0.15) is 0 Å². The summed E-state index contributed by atoms with van der Waals surface area (Å²) in [7, 11) is -0.712. The molecule has 0 aliphatic rings. The maximum Gasteiger partial charge on any atom is 0.0950 e. The molecule has 1 unspecified atom stereocenters. The molecule has 0 bridgehead atoms. The first-order valence-electron chi connectivity index (χ1n) is 5.33.